The van der Waals surface area contributed by atoms with E-state index in [1.54, 1.807) is 18.6 Å². The minimum absolute atomic E-state index is 0.0597. The zero-order valence-corrected chi connectivity index (χ0v) is 18.3. The number of carbonyl (C=O) groups is 1. The van der Waals surface area contributed by atoms with E-state index in [0.29, 0.717) is 22.7 Å². The molecule has 1 amide bonds. The third-order valence-corrected chi connectivity index (χ3v) is 5.74. The van der Waals surface area contributed by atoms with E-state index in [-0.39, 0.29) is 23.4 Å². The first-order valence-corrected chi connectivity index (χ1v) is 10.8. The molecule has 2 unspecified atom stereocenters. The number of rotatable bonds is 5. The highest BCUT2D eigenvalue weighted by Crippen LogP contribution is 2.34. The van der Waals surface area contributed by atoms with E-state index in [1.165, 1.54) is 0 Å². The Morgan fingerprint density at radius 3 is 2.87 bits per heavy atom. The van der Waals surface area contributed by atoms with Crippen LogP contribution in [0.3, 0.4) is 0 Å². The van der Waals surface area contributed by atoms with Crippen LogP contribution >= 0.6 is 0 Å². The van der Waals surface area contributed by atoms with Gasteiger partial charge in [-0.2, -0.15) is 0 Å². The molecule has 0 aromatic carbocycles. The lowest BCUT2D eigenvalue weighted by Crippen LogP contribution is -2.47. The quantitative estimate of drug-likeness (QED) is 0.575. The number of amides is 1. The third-order valence-electron chi connectivity index (χ3n) is 5.74. The lowest BCUT2D eigenvalue weighted by atomic mass is 9.95. The Bertz CT molecular complexity index is 1100. The van der Waals surface area contributed by atoms with Crippen molar-refractivity contribution in [3.8, 4) is 0 Å². The second-order valence-corrected chi connectivity index (χ2v) is 8.59. The van der Waals surface area contributed by atoms with Crippen LogP contribution in [0.25, 0.3) is 11.1 Å². The number of fused-ring (bicyclic) bond motifs is 1. The average Bonchev–Trinajstić information content (AvgIpc) is 3.02. The predicted octanol–water partition coefficient (Wildman–Crippen LogP) is 3.49. The molecule has 0 bridgehead atoms. The van der Waals surface area contributed by atoms with Crippen molar-refractivity contribution in [2.24, 2.45) is 11.7 Å². The van der Waals surface area contributed by atoms with Gasteiger partial charge in [-0.15, -0.1) is 0 Å². The van der Waals surface area contributed by atoms with E-state index in [1.807, 2.05) is 13.0 Å². The largest absolute Gasteiger partial charge is 0.438 e. The summed E-state index contributed by atoms with van der Waals surface area (Å²) in [5.74, 6) is 0.161. The first-order chi connectivity index (χ1) is 14.9. The second kappa shape index (κ2) is 8.55. The molecule has 4 rings (SSSR count). The maximum absolute atomic E-state index is 13.2. The van der Waals surface area contributed by atoms with Crippen molar-refractivity contribution in [3.63, 3.8) is 0 Å². The maximum Gasteiger partial charge on any atom is 0.263 e. The number of aromatic nitrogens is 2. The number of nitrogen functional groups attached to an aromatic ring is 1. The fourth-order valence-electron chi connectivity index (χ4n) is 4.52. The summed E-state index contributed by atoms with van der Waals surface area (Å²) in [6, 6.07) is 1.99. The van der Waals surface area contributed by atoms with Crippen LogP contribution in [0.1, 0.15) is 48.2 Å². The summed E-state index contributed by atoms with van der Waals surface area (Å²) in [6.07, 6.45) is 8.11. The number of aryl methyl sites for hydroxylation is 2. The van der Waals surface area contributed by atoms with Gasteiger partial charge in [-0.3, -0.25) is 14.8 Å². The summed E-state index contributed by atoms with van der Waals surface area (Å²) >= 11 is 0. The van der Waals surface area contributed by atoms with E-state index >= 15 is 0 Å². The molecule has 1 saturated heterocycles. The second-order valence-electron chi connectivity index (χ2n) is 8.59. The number of piperidine rings is 1. The summed E-state index contributed by atoms with van der Waals surface area (Å²) in [5, 5.41) is 2.99. The minimum Gasteiger partial charge on any atom is -0.438 e. The van der Waals surface area contributed by atoms with E-state index in [4.69, 9.17) is 15.9 Å². The Labute approximate surface area is 182 Å². The summed E-state index contributed by atoms with van der Waals surface area (Å²) < 4.78 is 5.66. The molecule has 0 saturated carbocycles. The van der Waals surface area contributed by atoms with Crippen molar-refractivity contribution < 1.29 is 9.21 Å². The number of carbonyl (C=O) groups excluding carboxylic acids is 1. The van der Waals surface area contributed by atoms with Crippen molar-refractivity contribution in [1.82, 2.24) is 9.97 Å². The standard InChI is InChI=1S/C23H30N6O2/c1-4-5-15-7-18-20(27-9-15)19(22(25)31-18)23(30)28-17-10-26-8-14(3)21(17)29-11-13(2)6-16(24)12-29/h7-10,13,16H,4-6,11-12,24-25H2,1-3H3,(H,28,30). The normalized spacial score (nSPS) is 19.0. The van der Waals surface area contributed by atoms with Crippen LogP contribution in [-0.2, 0) is 6.42 Å². The monoisotopic (exact) mass is 422 g/mol. The molecule has 3 aromatic rings. The van der Waals surface area contributed by atoms with Gasteiger partial charge in [0.2, 0.25) is 5.88 Å². The zero-order valence-electron chi connectivity index (χ0n) is 18.3. The number of hydrogen-bond acceptors (Lipinski definition) is 7. The lowest BCUT2D eigenvalue weighted by molar-refractivity contribution is 0.102. The topological polar surface area (TPSA) is 123 Å². The van der Waals surface area contributed by atoms with Crippen LogP contribution in [0.15, 0.2) is 29.1 Å². The number of nitrogens with two attached hydrogens (primary N) is 2. The molecule has 8 heteroatoms. The van der Waals surface area contributed by atoms with Crippen molar-refractivity contribution in [3.05, 3.63) is 41.3 Å². The van der Waals surface area contributed by atoms with Gasteiger partial charge in [0.05, 0.1) is 17.6 Å². The summed E-state index contributed by atoms with van der Waals surface area (Å²) in [4.78, 5) is 24.2. The summed E-state index contributed by atoms with van der Waals surface area (Å²) in [5.41, 5.74) is 17.2. The molecule has 4 heterocycles. The molecule has 0 spiro atoms. The van der Waals surface area contributed by atoms with Gasteiger partial charge in [0.1, 0.15) is 11.1 Å². The smallest absolute Gasteiger partial charge is 0.263 e. The zero-order chi connectivity index (χ0) is 22.1. The Balaban J connectivity index is 1.67. The number of anilines is 3. The maximum atomic E-state index is 13.2. The molecule has 164 valence electrons. The third kappa shape index (κ3) is 4.20. The molecule has 8 nitrogen and oxygen atoms in total. The number of hydrogen-bond donors (Lipinski definition) is 3. The first kappa shape index (κ1) is 21.1. The van der Waals surface area contributed by atoms with Crippen LogP contribution in [0, 0.1) is 12.8 Å². The van der Waals surface area contributed by atoms with Crippen molar-refractivity contribution in [2.45, 2.75) is 46.1 Å². The number of furan rings is 1. The summed E-state index contributed by atoms with van der Waals surface area (Å²) in [6.45, 7) is 7.89. The van der Waals surface area contributed by atoms with Crippen LogP contribution < -0.4 is 21.7 Å². The molecule has 5 N–H and O–H groups in total. The highest BCUT2D eigenvalue weighted by atomic mass is 16.3. The Kier molecular flexibility index (Phi) is 5.82. The van der Waals surface area contributed by atoms with Gasteiger partial charge in [-0.1, -0.05) is 20.3 Å². The molecule has 0 aliphatic carbocycles. The van der Waals surface area contributed by atoms with Crippen molar-refractivity contribution >= 4 is 34.3 Å². The molecule has 1 aliphatic heterocycles. The number of nitrogens with one attached hydrogen (secondary N) is 1. The SMILES string of the molecule is CCCc1cnc2c(C(=O)Nc3cncc(C)c3N3CC(C)CC(N)C3)c(N)oc2c1. The fourth-order valence-corrected chi connectivity index (χ4v) is 4.52. The molecular formula is C23H30N6O2. The predicted molar refractivity (Wildman–Crippen MR) is 123 cm³/mol. The van der Waals surface area contributed by atoms with Gasteiger partial charge in [0.25, 0.3) is 5.91 Å². The van der Waals surface area contributed by atoms with Gasteiger partial charge >= 0.3 is 0 Å². The van der Waals surface area contributed by atoms with Crippen molar-refractivity contribution in [2.75, 3.05) is 29.0 Å². The Hall–Kier alpha value is -3.13. The molecule has 0 radical (unpaired) electrons. The van der Waals surface area contributed by atoms with Gasteiger partial charge < -0.3 is 26.1 Å². The van der Waals surface area contributed by atoms with Gasteiger partial charge in [0.15, 0.2) is 5.58 Å². The molecule has 2 atom stereocenters. The lowest BCUT2D eigenvalue weighted by Gasteiger charge is -2.38. The van der Waals surface area contributed by atoms with Gasteiger partial charge in [0, 0.05) is 31.5 Å². The molecule has 1 fully saturated rings. The van der Waals surface area contributed by atoms with Gasteiger partial charge in [-0.05, 0) is 42.9 Å². The van der Waals surface area contributed by atoms with Gasteiger partial charge in [-0.25, -0.2) is 0 Å². The van der Waals surface area contributed by atoms with Crippen LogP contribution in [0.2, 0.25) is 0 Å². The van der Waals surface area contributed by atoms with Crippen LogP contribution in [0.5, 0.6) is 0 Å². The number of pyridine rings is 2. The number of nitrogens with zero attached hydrogens (tertiary/aromatic N) is 3. The van der Waals surface area contributed by atoms with Crippen LogP contribution in [0.4, 0.5) is 17.3 Å². The molecule has 1 aliphatic rings. The van der Waals surface area contributed by atoms with E-state index < -0.39 is 0 Å². The average molecular weight is 423 g/mol. The highest BCUT2D eigenvalue weighted by Gasteiger charge is 2.27. The fraction of sp³-hybridized carbons (Fsp3) is 0.435. The highest BCUT2D eigenvalue weighted by molar-refractivity contribution is 6.15. The minimum atomic E-state index is -0.366. The van der Waals surface area contributed by atoms with E-state index in [0.717, 1.165) is 49.2 Å². The Morgan fingerprint density at radius 2 is 2.13 bits per heavy atom. The van der Waals surface area contributed by atoms with Crippen molar-refractivity contribution in [1.29, 1.82) is 0 Å². The summed E-state index contributed by atoms with van der Waals surface area (Å²) in [7, 11) is 0. The molecule has 31 heavy (non-hydrogen) atoms. The first-order valence-electron chi connectivity index (χ1n) is 10.8. The molecular weight excluding hydrogens is 392 g/mol. The van der Waals surface area contributed by atoms with Crippen LogP contribution in [-0.4, -0.2) is 35.0 Å². The molecule has 3 aromatic heterocycles. The van der Waals surface area contributed by atoms with E-state index in [2.05, 4.69) is 34.0 Å². The Morgan fingerprint density at radius 1 is 1.32 bits per heavy atom. The van der Waals surface area contributed by atoms with E-state index in [9.17, 15) is 4.79 Å².